The molecule has 0 amide bonds. The number of hydrogen-bond donors (Lipinski definition) is 1. The maximum Gasteiger partial charge on any atom is 0.200 e. The van der Waals surface area contributed by atoms with Gasteiger partial charge >= 0.3 is 0 Å². The van der Waals surface area contributed by atoms with Crippen molar-refractivity contribution < 1.29 is 4.39 Å². The Hall–Kier alpha value is -1.84. The first-order valence-electron chi connectivity index (χ1n) is 6.29. The van der Waals surface area contributed by atoms with Crippen LogP contribution in [0.25, 0.3) is 11.3 Å². The van der Waals surface area contributed by atoms with Crippen molar-refractivity contribution in [2.45, 2.75) is 32.7 Å². The number of benzene rings is 1. The van der Waals surface area contributed by atoms with E-state index in [0.29, 0.717) is 5.95 Å². The highest BCUT2D eigenvalue weighted by atomic mass is 19.1. The third-order valence-corrected chi connectivity index (χ3v) is 2.93. The highest BCUT2D eigenvalue weighted by Crippen LogP contribution is 2.20. The fraction of sp³-hybridized carbons (Fsp3) is 0.357. The molecule has 0 saturated carbocycles. The van der Waals surface area contributed by atoms with E-state index in [1.165, 1.54) is 25.0 Å². The van der Waals surface area contributed by atoms with E-state index in [1.807, 2.05) is 16.8 Å². The van der Waals surface area contributed by atoms with Gasteiger partial charge in [-0.1, -0.05) is 31.9 Å². The summed E-state index contributed by atoms with van der Waals surface area (Å²) in [4.78, 5) is 4.27. The molecule has 1 aromatic heterocycles. The fourth-order valence-electron chi connectivity index (χ4n) is 1.93. The number of rotatable bonds is 5. The van der Waals surface area contributed by atoms with Gasteiger partial charge in [-0.3, -0.25) is 0 Å². The molecular weight excluding hydrogens is 229 g/mol. The lowest BCUT2D eigenvalue weighted by atomic mass is 10.2. The van der Waals surface area contributed by atoms with Crippen LogP contribution in [0.4, 0.5) is 10.3 Å². The van der Waals surface area contributed by atoms with E-state index in [9.17, 15) is 4.39 Å². The molecule has 18 heavy (non-hydrogen) atoms. The predicted molar refractivity (Wildman–Crippen MR) is 71.6 cm³/mol. The highest BCUT2D eigenvalue weighted by Gasteiger charge is 2.07. The summed E-state index contributed by atoms with van der Waals surface area (Å²) in [5, 5.41) is 0. The second kappa shape index (κ2) is 5.67. The topological polar surface area (TPSA) is 43.8 Å². The van der Waals surface area contributed by atoms with Gasteiger partial charge in [0.15, 0.2) is 0 Å². The molecule has 0 aliphatic carbocycles. The van der Waals surface area contributed by atoms with Crippen LogP contribution < -0.4 is 5.73 Å². The quantitative estimate of drug-likeness (QED) is 0.822. The molecule has 0 aliphatic rings. The molecule has 0 spiro atoms. The summed E-state index contributed by atoms with van der Waals surface area (Å²) >= 11 is 0. The summed E-state index contributed by atoms with van der Waals surface area (Å²) in [6.45, 7) is 3.03. The first-order chi connectivity index (χ1) is 8.70. The zero-order valence-corrected chi connectivity index (χ0v) is 10.6. The number of halogens is 1. The van der Waals surface area contributed by atoms with Crippen LogP contribution >= 0.6 is 0 Å². The second-order valence-corrected chi connectivity index (χ2v) is 4.40. The van der Waals surface area contributed by atoms with Crippen molar-refractivity contribution in [1.29, 1.82) is 0 Å². The van der Waals surface area contributed by atoms with Crippen molar-refractivity contribution in [2.75, 3.05) is 5.73 Å². The normalized spacial score (nSPS) is 10.8. The third kappa shape index (κ3) is 2.88. The van der Waals surface area contributed by atoms with Crippen molar-refractivity contribution in [3.63, 3.8) is 0 Å². The van der Waals surface area contributed by atoms with Crippen LogP contribution in [0.15, 0.2) is 30.5 Å². The Labute approximate surface area is 106 Å². The zero-order valence-electron chi connectivity index (χ0n) is 10.6. The Bertz CT molecular complexity index is 520. The lowest BCUT2D eigenvalue weighted by Crippen LogP contribution is -2.02. The summed E-state index contributed by atoms with van der Waals surface area (Å²) in [6, 6.07) is 6.40. The van der Waals surface area contributed by atoms with Gasteiger partial charge in [0.2, 0.25) is 5.95 Å². The van der Waals surface area contributed by atoms with Crippen LogP contribution in [0.3, 0.4) is 0 Å². The lowest BCUT2D eigenvalue weighted by molar-refractivity contribution is 0.608. The summed E-state index contributed by atoms with van der Waals surface area (Å²) in [6.07, 6.45) is 5.32. The van der Waals surface area contributed by atoms with Gasteiger partial charge < -0.3 is 10.3 Å². The van der Waals surface area contributed by atoms with E-state index in [-0.39, 0.29) is 5.82 Å². The summed E-state index contributed by atoms with van der Waals surface area (Å²) in [5.74, 6) is 0.233. The molecule has 2 rings (SSSR count). The molecule has 1 aromatic carbocycles. The van der Waals surface area contributed by atoms with E-state index in [2.05, 4.69) is 11.9 Å². The summed E-state index contributed by atoms with van der Waals surface area (Å²) < 4.78 is 15.1. The monoisotopic (exact) mass is 247 g/mol. The molecule has 0 aliphatic heterocycles. The van der Waals surface area contributed by atoms with Crippen LogP contribution in [0.1, 0.15) is 26.2 Å². The van der Waals surface area contributed by atoms with Crippen LogP contribution in [0.5, 0.6) is 0 Å². The number of aromatic nitrogens is 2. The van der Waals surface area contributed by atoms with Crippen molar-refractivity contribution in [1.82, 2.24) is 9.55 Å². The number of nitrogens with two attached hydrogens (primary N) is 1. The Balaban J connectivity index is 2.18. The molecular formula is C14H18FN3. The number of nitrogens with zero attached hydrogens (tertiary/aromatic N) is 2. The molecule has 96 valence electrons. The van der Waals surface area contributed by atoms with Gasteiger partial charge in [-0.05, 0) is 18.6 Å². The number of hydrogen-bond acceptors (Lipinski definition) is 2. The van der Waals surface area contributed by atoms with Gasteiger partial charge in [-0.2, -0.15) is 0 Å². The maximum absolute atomic E-state index is 13.1. The van der Waals surface area contributed by atoms with E-state index in [0.717, 1.165) is 24.2 Å². The van der Waals surface area contributed by atoms with Crippen LogP contribution in [-0.4, -0.2) is 9.55 Å². The SMILES string of the molecule is CCCCCn1cc(-c2cccc(F)c2)nc1N. The minimum atomic E-state index is -0.258. The first kappa shape index (κ1) is 12.6. The van der Waals surface area contributed by atoms with Crippen LogP contribution in [0.2, 0.25) is 0 Å². The van der Waals surface area contributed by atoms with Gasteiger partial charge in [0.1, 0.15) is 5.82 Å². The van der Waals surface area contributed by atoms with Crippen molar-refractivity contribution in [3.8, 4) is 11.3 Å². The van der Waals surface area contributed by atoms with Gasteiger partial charge in [-0.25, -0.2) is 9.37 Å². The highest BCUT2D eigenvalue weighted by molar-refractivity contribution is 5.60. The number of imidazole rings is 1. The zero-order chi connectivity index (χ0) is 13.0. The molecule has 3 nitrogen and oxygen atoms in total. The largest absolute Gasteiger partial charge is 0.369 e. The average molecular weight is 247 g/mol. The lowest BCUT2D eigenvalue weighted by Gasteiger charge is -2.02. The van der Waals surface area contributed by atoms with E-state index in [1.54, 1.807) is 6.07 Å². The average Bonchev–Trinajstić information content (AvgIpc) is 2.72. The van der Waals surface area contributed by atoms with E-state index < -0.39 is 0 Å². The molecule has 0 bridgehead atoms. The molecule has 0 saturated heterocycles. The van der Waals surface area contributed by atoms with E-state index >= 15 is 0 Å². The summed E-state index contributed by atoms with van der Waals surface area (Å²) in [5.41, 5.74) is 7.34. The maximum atomic E-state index is 13.1. The molecule has 0 radical (unpaired) electrons. The number of anilines is 1. The van der Waals surface area contributed by atoms with Gasteiger partial charge in [0.05, 0.1) is 5.69 Å². The minimum absolute atomic E-state index is 0.258. The first-order valence-corrected chi connectivity index (χ1v) is 6.29. The standard InChI is InChI=1S/C14H18FN3/c1-2-3-4-8-18-10-13(17-14(18)16)11-6-5-7-12(15)9-11/h5-7,9-10H,2-4,8H2,1H3,(H2,16,17). The minimum Gasteiger partial charge on any atom is -0.369 e. The van der Waals surface area contributed by atoms with Gasteiger partial charge in [-0.15, -0.1) is 0 Å². The predicted octanol–water partition coefficient (Wildman–Crippen LogP) is 3.46. The molecule has 2 aromatic rings. The Kier molecular flexibility index (Phi) is 3.97. The number of unbranched alkanes of at least 4 members (excludes halogenated alkanes) is 2. The number of aryl methyl sites for hydroxylation is 1. The van der Waals surface area contributed by atoms with Crippen molar-refractivity contribution >= 4 is 5.95 Å². The van der Waals surface area contributed by atoms with Gasteiger partial charge in [0.25, 0.3) is 0 Å². The molecule has 0 unspecified atom stereocenters. The van der Waals surface area contributed by atoms with Crippen LogP contribution in [0, 0.1) is 5.82 Å². The molecule has 0 fully saturated rings. The van der Waals surface area contributed by atoms with Crippen molar-refractivity contribution in [2.24, 2.45) is 0 Å². The Morgan fingerprint density at radius 3 is 2.89 bits per heavy atom. The van der Waals surface area contributed by atoms with Crippen LogP contribution in [-0.2, 0) is 6.54 Å². The fourth-order valence-corrected chi connectivity index (χ4v) is 1.93. The van der Waals surface area contributed by atoms with E-state index in [4.69, 9.17) is 5.73 Å². The molecule has 1 heterocycles. The number of nitrogen functional groups attached to an aromatic ring is 1. The molecule has 0 atom stereocenters. The van der Waals surface area contributed by atoms with Crippen molar-refractivity contribution in [3.05, 3.63) is 36.3 Å². The Morgan fingerprint density at radius 1 is 1.33 bits per heavy atom. The molecule has 4 heteroatoms. The smallest absolute Gasteiger partial charge is 0.200 e. The second-order valence-electron chi connectivity index (χ2n) is 4.40. The Morgan fingerprint density at radius 2 is 2.17 bits per heavy atom. The van der Waals surface area contributed by atoms with Gasteiger partial charge in [0, 0.05) is 18.3 Å². The molecule has 2 N–H and O–H groups in total. The third-order valence-electron chi connectivity index (χ3n) is 2.93. The summed E-state index contributed by atoms with van der Waals surface area (Å²) in [7, 11) is 0.